The van der Waals surface area contributed by atoms with Crippen LogP contribution in [-0.2, 0) is 6.42 Å². The molecule has 2 fully saturated rings. The van der Waals surface area contributed by atoms with Crippen LogP contribution in [0.4, 0.5) is 0 Å². The van der Waals surface area contributed by atoms with Crippen molar-refractivity contribution in [1.29, 1.82) is 0 Å². The molecule has 2 aliphatic rings. The zero-order chi connectivity index (χ0) is 11.7. The van der Waals surface area contributed by atoms with Crippen molar-refractivity contribution in [2.24, 2.45) is 23.0 Å². The lowest BCUT2D eigenvalue weighted by Gasteiger charge is -2.52. The van der Waals surface area contributed by atoms with Crippen molar-refractivity contribution in [3.8, 4) is 0 Å². The highest BCUT2D eigenvalue weighted by Gasteiger charge is 2.48. The van der Waals surface area contributed by atoms with Gasteiger partial charge in [0.1, 0.15) is 0 Å². The molecule has 2 saturated carbocycles. The number of hydrogen-bond donors (Lipinski definition) is 2. The minimum Gasteiger partial charge on any atom is -0.330 e. The molecular formula is C12H21N5. The van der Waals surface area contributed by atoms with Crippen LogP contribution in [-0.4, -0.2) is 27.2 Å². The van der Waals surface area contributed by atoms with Crippen LogP contribution in [0.2, 0.25) is 0 Å². The highest BCUT2D eigenvalue weighted by Crippen LogP contribution is 2.53. The first-order valence-electron chi connectivity index (χ1n) is 6.77. The van der Waals surface area contributed by atoms with Gasteiger partial charge in [-0.15, -0.1) is 10.2 Å². The minimum absolute atomic E-state index is 0.250. The fraction of sp³-hybridized carbons (Fsp3) is 0.917. The highest BCUT2D eigenvalue weighted by atomic mass is 15.5. The molecule has 1 heterocycles. The van der Waals surface area contributed by atoms with E-state index in [9.17, 15) is 0 Å². The molecule has 17 heavy (non-hydrogen) atoms. The number of nitrogens with two attached hydrogens (primary N) is 1. The SMILES string of the molecule is NCC1(Cc2nn[nH]n2)C2CCCC1CCC2. The molecule has 0 atom stereocenters. The molecule has 0 amide bonds. The van der Waals surface area contributed by atoms with Gasteiger partial charge in [-0.25, -0.2) is 0 Å². The van der Waals surface area contributed by atoms with Gasteiger partial charge < -0.3 is 5.73 Å². The molecule has 0 spiro atoms. The summed E-state index contributed by atoms with van der Waals surface area (Å²) in [5.74, 6) is 2.39. The Bertz CT molecular complexity index is 339. The van der Waals surface area contributed by atoms with Crippen LogP contribution in [0.1, 0.15) is 44.3 Å². The average molecular weight is 235 g/mol. The first kappa shape index (κ1) is 11.1. The van der Waals surface area contributed by atoms with Crippen LogP contribution < -0.4 is 5.73 Å². The van der Waals surface area contributed by atoms with E-state index in [1.807, 2.05) is 0 Å². The van der Waals surface area contributed by atoms with Gasteiger partial charge in [-0.1, -0.05) is 18.1 Å². The predicted molar refractivity (Wildman–Crippen MR) is 64.1 cm³/mol. The Morgan fingerprint density at radius 1 is 1.18 bits per heavy atom. The molecule has 0 radical (unpaired) electrons. The molecule has 0 unspecified atom stereocenters. The third kappa shape index (κ3) is 1.76. The van der Waals surface area contributed by atoms with Crippen LogP contribution in [0.25, 0.3) is 0 Å². The fourth-order valence-electron chi connectivity index (χ4n) is 4.24. The standard InChI is InChI=1S/C12H21N5/c13-8-12(7-11-14-16-17-15-11)9-3-1-4-10(12)6-2-5-9/h9-10H,1-8,13H2,(H,14,15,16,17). The molecule has 2 aliphatic carbocycles. The van der Waals surface area contributed by atoms with E-state index in [0.29, 0.717) is 0 Å². The summed E-state index contributed by atoms with van der Waals surface area (Å²) in [7, 11) is 0. The third-order valence-corrected chi connectivity index (χ3v) is 5.09. The maximum atomic E-state index is 6.16. The maximum Gasteiger partial charge on any atom is 0.175 e. The Morgan fingerprint density at radius 3 is 2.29 bits per heavy atom. The molecule has 3 rings (SSSR count). The van der Waals surface area contributed by atoms with Crippen molar-refractivity contribution in [3.63, 3.8) is 0 Å². The summed E-state index contributed by atoms with van der Waals surface area (Å²) in [6.07, 6.45) is 9.02. The van der Waals surface area contributed by atoms with E-state index in [1.165, 1.54) is 38.5 Å². The Morgan fingerprint density at radius 2 is 1.82 bits per heavy atom. The van der Waals surface area contributed by atoms with E-state index in [2.05, 4.69) is 20.6 Å². The summed E-state index contributed by atoms with van der Waals surface area (Å²) in [6, 6.07) is 0. The van der Waals surface area contributed by atoms with Crippen molar-refractivity contribution in [1.82, 2.24) is 20.6 Å². The number of rotatable bonds is 3. The first-order valence-corrected chi connectivity index (χ1v) is 6.77. The smallest absolute Gasteiger partial charge is 0.175 e. The van der Waals surface area contributed by atoms with E-state index >= 15 is 0 Å². The van der Waals surface area contributed by atoms with Gasteiger partial charge in [0.25, 0.3) is 0 Å². The lowest BCUT2D eigenvalue weighted by atomic mass is 9.53. The zero-order valence-electron chi connectivity index (χ0n) is 10.2. The molecular weight excluding hydrogens is 214 g/mol. The van der Waals surface area contributed by atoms with Crippen molar-refractivity contribution >= 4 is 0 Å². The molecule has 0 aliphatic heterocycles. The third-order valence-electron chi connectivity index (χ3n) is 5.09. The highest BCUT2D eigenvalue weighted by molar-refractivity contribution is 5.03. The normalized spacial score (nSPS) is 37.0. The van der Waals surface area contributed by atoms with Gasteiger partial charge in [0.05, 0.1) is 0 Å². The second-order valence-corrected chi connectivity index (χ2v) is 5.70. The molecule has 5 nitrogen and oxygen atoms in total. The number of nitrogens with one attached hydrogen (secondary N) is 1. The molecule has 0 saturated heterocycles. The largest absolute Gasteiger partial charge is 0.330 e. The topological polar surface area (TPSA) is 80.5 Å². The summed E-state index contributed by atoms with van der Waals surface area (Å²) >= 11 is 0. The molecule has 3 N–H and O–H groups in total. The number of aromatic nitrogens is 4. The number of tetrazole rings is 1. The van der Waals surface area contributed by atoms with Crippen LogP contribution in [0, 0.1) is 17.3 Å². The Balaban J connectivity index is 1.88. The van der Waals surface area contributed by atoms with Gasteiger partial charge >= 0.3 is 0 Å². The van der Waals surface area contributed by atoms with E-state index < -0.39 is 0 Å². The number of fused-ring (bicyclic) bond motifs is 2. The van der Waals surface area contributed by atoms with E-state index in [0.717, 1.165) is 30.6 Å². The lowest BCUT2D eigenvalue weighted by Crippen LogP contribution is -2.50. The quantitative estimate of drug-likeness (QED) is 0.827. The first-order chi connectivity index (χ1) is 8.35. The lowest BCUT2D eigenvalue weighted by molar-refractivity contribution is -0.0132. The maximum absolute atomic E-state index is 6.16. The van der Waals surface area contributed by atoms with Gasteiger partial charge in [-0.2, -0.15) is 5.21 Å². The number of aromatic amines is 1. The Kier molecular flexibility index (Phi) is 2.86. The predicted octanol–water partition coefficient (Wildman–Crippen LogP) is 1.29. The molecule has 0 aromatic carbocycles. The van der Waals surface area contributed by atoms with Crippen molar-refractivity contribution < 1.29 is 0 Å². The summed E-state index contributed by atoms with van der Waals surface area (Å²) < 4.78 is 0. The van der Waals surface area contributed by atoms with Gasteiger partial charge in [-0.3, -0.25) is 0 Å². The molecule has 94 valence electrons. The summed E-state index contributed by atoms with van der Waals surface area (Å²) in [4.78, 5) is 0. The van der Waals surface area contributed by atoms with Crippen LogP contribution in [0.5, 0.6) is 0 Å². The van der Waals surface area contributed by atoms with E-state index in [4.69, 9.17) is 5.73 Å². The molecule has 1 aromatic heterocycles. The average Bonchev–Trinajstić information content (AvgIpc) is 2.81. The van der Waals surface area contributed by atoms with Gasteiger partial charge in [-0.05, 0) is 49.5 Å². The van der Waals surface area contributed by atoms with Crippen molar-refractivity contribution in [3.05, 3.63) is 5.82 Å². The van der Waals surface area contributed by atoms with Crippen molar-refractivity contribution in [2.75, 3.05) is 6.54 Å². The number of nitrogens with zero attached hydrogens (tertiary/aromatic N) is 3. The summed E-state index contributed by atoms with van der Waals surface area (Å²) in [5.41, 5.74) is 6.41. The summed E-state index contributed by atoms with van der Waals surface area (Å²) in [5, 5.41) is 14.5. The second-order valence-electron chi connectivity index (χ2n) is 5.70. The van der Waals surface area contributed by atoms with Crippen LogP contribution in [0.3, 0.4) is 0 Å². The molecule has 5 heteroatoms. The van der Waals surface area contributed by atoms with Gasteiger partial charge in [0, 0.05) is 6.42 Å². The van der Waals surface area contributed by atoms with Gasteiger partial charge in [0.15, 0.2) is 5.82 Å². The Labute approximate surface area is 102 Å². The zero-order valence-corrected chi connectivity index (χ0v) is 10.2. The monoisotopic (exact) mass is 235 g/mol. The fourth-order valence-corrected chi connectivity index (χ4v) is 4.24. The van der Waals surface area contributed by atoms with Crippen LogP contribution in [0.15, 0.2) is 0 Å². The van der Waals surface area contributed by atoms with Crippen LogP contribution >= 0.6 is 0 Å². The molecule has 1 aromatic rings. The summed E-state index contributed by atoms with van der Waals surface area (Å²) in [6.45, 7) is 0.775. The minimum atomic E-state index is 0.250. The second kappa shape index (κ2) is 4.37. The Hall–Kier alpha value is -0.970. The number of H-pyrrole nitrogens is 1. The number of hydrogen-bond acceptors (Lipinski definition) is 4. The molecule has 2 bridgehead atoms. The van der Waals surface area contributed by atoms with Crippen molar-refractivity contribution in [2.45, 2.75) is 44.9 Å². The van der Waals surface area contributed by atoms with Gasteiger partial charge in [0.2, 0.25) is 0 Å². The van der Waals surface area contributed by atoms with E-state index in [-0.39, 0.29) is 5.41 Å². The van der Waals surface area contributed by atoms with E-state index in [1.54, 1.807) is 0 Å².